The fraction of sp³-hybridized carbons (Fsp3) is 1.00. The van der Waals surface area contributed by atoms with Crippen LogP contribution in [0.25, 0.3) is 0 Å². The first-order valence-corrected chi connectivity index (χ1v) is 1.04. The summed E-state index contributed by atoms with van der Waals surface area (Å²) in [5.74, 6) is 0. The topological polar surface area (TPSA) is 49.7 Å². The van der Waals surface area contributed by atoms with E-state index in [1.807, 2.05) is 0 Å². The van der Waals surface area contributed by atoms with E-state index in [1.54, 1.807) is 0 Å². The van der Waals surface area contributed by atoms with Crippen molar-refractivity contribution in [2.75, 3.05) is 14.2 Å². The van der Waals surface area contributed by atoms with Crippen LogP contribution in [0.4, 0.5) is 0 Å². The van der Waals surface area contributed by atoms with Crippen molar-refractivity contribution in [2.45, 2.75) is 201 Å². The molecule has 3 nitrogen and oxygen atoms in total. The van der Waals surface area contributed by atoms with E-state index in [0.29, 0.717) is 0 Å². The van der Waals surface area contributed by atoms with Crippen molar-refractivity contribution in [3.8, 4) is 0 Å². The first-order chi connectivity index (χ1) is 2.41. The Kier molecular flexibility index (Phi) is 4080000. The van der Waals surface area contributed by atoms with Crippen LogP contribution >= 0.6 is 0 Å². The van der Waals surface area contributed by atoms with Crippen LogP contribution in [-0.2, 0) is 4.89 Å². The second-order valence-corrected chi connectivity index (χ2v) is 0.183. The van der Waals surface area contributed by atoms with Crippen molar-refractivity contribution in [1.82, 2.24) is 0 Å². The first-order valence-electron chi connectivity index (χ1n) is 1.04. The molecular weight excluding hydrogens is 396 g/mol. The van der Waals surface area contributed by atoms with Gasteiger partial charge in [-0.25, -0.2) is 4.89 Å². The zero-order valence-electron chi connectivity index (χ0n) is 3.30. The lowest BCUT2D eigenvalue weighted by molar-refractivity contribution is -0.214. The predicted molar refractivity (Wildman–Crippen MR) is 200 cm³/mol. The molecule has 0 spiro atoms. The molecule has 0 amide bonds. The molecule has 0 saturated heterocycles. The summed E-state index contributed by atoms with van der Waals surface area (Å²) in [6.07, 6.45) is 0. The van der Waals surface area contributed by atoms with Crippen molar-refractivity contribution in [1.29, 1.82) is 0 Å². The minimum absolute atomic E-state index is 0. The average molecular weight is 513 g/mol. The SMILES string of the molecule is C.C.C.C.C.C.C.C.C.C.C.C.C.C.C.C.C.C.C.C.C.C.C.C.C.C.C.CO.COO. The molecule has 0 aliphatic rings. The molecule has 0 radical (unpaired) electrons. The number of aliphatic hydroxyl groups is 1. The van der Waals surface area contributed by atoms with Gasteiger partial charge in [-0.3, -0.25) is 5.26 Å². The van der Waals surface area contributed by atoms with E-state index in [4.69, 9.17) is 10.4 Å². The summed E-state index contributed by atoms with van der Waals surface area (Å²) in [7, 11) is 2.18. The van der Waals surface area contributed by atoms with Crippen molar-refractivity contribution < 1.29 is 15.3 Å². The van der Waals surface area contributed by atoms with Crippen molar-refractivity contribution >= 4 is 0 Å². The van der Waals surface area contributed by atoms with Gasteiger partial charge in [-0.15, -0.1) is 0 Å². The summed E-state index contributed by atoms with van der Waals surface area (Å²) in [4.78, 5) is 3.25. The minimum atomic E-state index is 0. The number of aliphatic hydroxyl groups excluding tert-OH is 1. The molecule has 0 fully saturated rings. The van der Waals surface area contributed by atoms with Gasteiger partial charge in [0.05, 0.1) is 7.11 Å². The molecule has 2 N–H and O–H groups in total. The van der Waals surface area contributed by atoms with E-state index in [2.05, 4.69) is 4.89 Å². The molecule has 0 unspecified atom stereocenters. The summed E-state index contributed by atoms with van der Waals surface area (Å²) in [6, 6.07) is 0. The standard InChI is InChI=1S/CH4O2.CH4O.27CH4/c1-3-2;1-2;;;;;;;;;;;;;;;;;;;;;;;;;;;/h2H,1H3;2H,1H3;27*1H4. The van der Waals surface area contributed by atoms with Crippen molar-refractivity contribution in [2.24, 2.45) is 0 Å². The molecule has 0 aromatic rings. The van der Waals surface area contributed by atoms with Gasteiger partial charge in [-0.1, -0.05) is 201 Å². The van der Waals surface area contributed by atoms with Gasteiger partial charge in [0.15, 0.2) is 0 Å². The predicted octanol–water partition coefficient (Wildman–Crippen LogP) is 16.9. The lowest BCUT2D eigenvalue weighted by Gasteiger charge is -1.59. The molecule has 0 bridgehead atoms. The van der Waals surface area contributed by atoms with Crippen LogP contribution in [0, 0.1) is 0 Å². The summed E-state index contributed by atoms with van der Waals surface area (Å²) in [5.41, 5.74) is 0. The molecule has 0 atom stereocenters. The summed E-state index contributed by atoms with van der Waals surface area (Å²) in [5, 5.41) is 14.1. The van der Waals surface area contributed by atoms with Gasteiger partial charge in [0.1, 0.15) is 0 Å². The highest BCUT2D eigenvalue weighted by molar-refractivity contribution is 3.30. The quantitative estimate of drug-likeness (QED) is 0.250. The van der Waals surface area contributed by atoms with Gasteiger partial charge < -0.3 is 5.11 Å². The van der Waals surface area contributed by atoms with E-state index < -0.39 is 0 Å². The van der Waals surface area contributed by atoms with Crippen LogP contribution in [0.15, 0.2) is 0 Å². The van der Waals surface area contributed by atoms with Crippen molar-refractivity contribution in [3.63, 3.8) is 0 Å². The normalized spacial score (nSPS) is 0.750. The van der Waals surface area contributed by atoms with Gasteiger partial charge >= 0.3 is 0 Å². The zero-order chi connectivity index (χ0) is 4.71. The highest BCUT2D eigenvalue weighted by Crippen LogP contribution is 1.26. The third kappa shape index (κ3) is 1730000. The highest BCUT2D eigenvalue weighted by Gasteiger charge is 1.26. The van der Waals surface area contributed by atoms with Gasteiger partial charge in [-0.05, 0) is 0 Å². The monoisotopic (exact) mass is 513 g/mol. The Morgan fingerprint density at radius 1 is 0.250 bits per heavy atom. The van der Waals surface area contributed by atoms with Gasteiger partial charge in [0.2, 0.25) is 0 Å². The minimum Gasteiger partial charge on any atom is -0.400 e. The molecule has 0 aliphatic heterocycles. The van der Waals surface area contributed by atoms with Crippen LogP contribution in [0.3, 0.4) is 0 Å². The molecular formula is C29H116O3. The Hall–Kier alpha value is -0.120. The van der Waals surface area contributed by atoms with E-state index >= 15 is 0 Å². The Bertz CT molecular complexity index is 14.4. The summed E-state index contributed by atoms with van der Waals surface area (Å²) < 4.78 is 0. The lowest BCUT2D eigenvalue weighted by Crippen LogP contribution is -1.57. The highest BCUT2D eigenvalue weighted by atomic mass is 17.1. The second kappa shape index (κ2) is 35600. The molecule has 0 saturated carbocycles. The van der Waals surface area contributed by atoms with Crippen LogP contribution in [-0.4, -0.2) is 24.6 Å². The van der Waals surface area contributed by atoms with E-state index in [1.165, 1.54) is 7.11 Å². The smallest absolute Gasteiger partial charge is 0.0710 e. The third-order valence-corrected chi connectivity index (χ3v) is 0. The number of rotatable bonds is 0. The maximum atomic E-state index is 7.07. The first kappa shape index (κ1) is 3670. The van der Waals surface area contributed by atoms with E-state index in [-0.39, 0.29) is 201 Å². The maximum absolute atomic E-state index is 7.07. The Balaban J connectivity index is -0.000000000114. The number of hydrogen-bond acceptors (Lipinski definition) is 3. The Morgan fingerprint density at radius 3 is 0.250 bits per heavy atom. The third-order valence-electron chi connectivity index (χ3n) is 0. The zero-order valence-corrected chi connectivity index (χ0v) is 3.30. The number of hydrogen-bond donors (Lipinski definition) is 2. The van der Waals surface area contributed by atoms with E-state index in [9.17, 15) is 0 Å². The molecule has 0 aromatic heterocycles. The second-order valence-electron chi connectivity index (χ2n) is 0.183. The lowest BCUT2D eigenvalue weighted by atomic mass is 11.8. The van der Waals surface area contributed by atoms with E-state index in [0.717, 1.165) is 7.11 Å². The molecule has 0 aromatic carbocycles. The molecule has 0 rings (SSSR count). The molecule has 0 aliphatic carbocycles. The van der Waals surface area contributed by atoms with Gasteiger partial charge in [0.25, 0.3) is 0 Å². The summed E-state index contributed by atoms with van der Waals surface area (Å²) >= 11 is 0. The van der Waals surface area contributed by atoms with Gasteiger partial charge in [0, 0.05) is 7.11 Å². The van der Waals surface area contributed by atoms with Crippen LogP contribution in [0.2, 0.25) is 0 Å². The fourth-order valence-corrected chi connectivity index (χ4v) is 0. The molecule has 0 heterocycles. The van der Waals surface area contributed by atoms with Crippen molar-refractivity contribution in [3.05, 3.63) is 0 Å². The van der Waals surface area contributed by atoms with Crippen LogP contribution in [0.1, 0.15) is 201 Å². The van der Waals surface area contributed by atoms with Crippen LogP contribution < -0.4 is 0 Å². The largest absolute Gasteiger partial charge is 0.400 e. The average Bonchev–Trinajstić information content (AvgIpc) is 1.46. The maximum Gasteiger partial charge on any atom is 0.0710 e. The van der Waals surface area contributed by atoms with Gasteiger partial charge in [-0.2, -0.15) is 0 Å². The molecule has 32 heavy (non-hydrogen) atoms. The summed E-state index contributed by atoms with van der Waals surface area (Å²) in [6.45, 7) is 0. The molecule has 3 heteroatoms. The Morgan fingerprint density at radius 2 is 0.250 bits per heavy atom. The fourth-order valence-electron chi connectivity index (χ4n) is 0. The van der Waals surface area contributed by atoms with Crippen LogP contribution in [0.5, 0.6) is 0 Å². The molecule has 250 valence electrons. The Labute approximate surface area is 230 Å².